The average molecular weight is 266 g/mol. The van der Waals surface area contributed by atoms with E-state index in [0.29, 0.717) is 5.91 Å². The van der Waals surface area contributed by atoms with Crippen molar-refractivity contribution in [2.24, 2.45) is 11.3 Å². The van der Waals surface area contributed by atoms with Crippen molar-refractivity contribution in [1.29, 1.82) is 0 Å². The molecule has 0 aromatic heterocycles. The summed E-state index contributed by atoms with van der Waals surface area (Å²) >= 11 is 0. The number of nitrogens with one attached hydrogen (secondary N) is 2. The summed E-state index contributed by atoms with van der Waals surface area (Å²) < 4.78 is 0. The quantitative estimate of drug-likeness (QED) is 0.776. The first-order valence-electron chi connectivity index (χ1n) is 8.26. The van der Waals surface area contributed by atoms with Crippen LogP contribution in [-0.2, 0) is 4.79 Å². The van der Waals surface area contributed by atoms with Gasteiger partial charge in [0, 0.05) is 6.54 Å². The molecule has 1 aliphatic carbocycles. The van der Waals surface area contributed by atoms with Crippen molar-refractivity contribution >= 4 is 5.91 Å². The van der Waals surface area contributed by atoms with Crippen LogP contribution in [0.4, 0.5) is 0 Å². The normalized spacial score (nSPS) is 23.4. The largest absolute Gasteiger partial charge is 0.356 e. The maximum absolute atomic E-state index is 12.5. The zero-order chi connectivity index (χ0) is 13.6. The highest BCUT2D eigenvalue weighted by atomic mass is 16.2. The molecule has 110 valence electrons. The third kappa shape index (κ3) is 3.95. The number of carbonyl (C=O) groups is 1. The molecule has 0 spiro atoms. The molecule has 1 saturated carbocycles. The summed E-state index contributed by atoms with van der Waals surface area (Å²) in [6.07, 6.45) is 10.9. The highest BCUT2D eigenvalue weighted by molar-refractivity contribution is 5.82. The SMILES string of the molecule is CCCC1(C(=O)NCCC2CCCC2)CCNCC1. The Balaban J connectivity index is 1.78. The van der Waals surface area contributed by atoms with Gasteiger partial charge < -0.3 is 10.6 Å². The molecule has 0 bridgehead atoms. The van der Waals surface area contributed by atoms with E-state index in [4.69, 9.17) is 0 Å². The molecule has 0 atom stereocenters. The molecule has 1 aliphatic heterocycles. The van der Waals surface area contributed by atoms with Crippen LogP contribution in [0.1, 0.15) is 64.7 Å². The molecular weight excluding hydrogens is 236 g/mol. The van der Waals surface area contributed by atoms with Crippen molar-refractivity contribution in [3.8, 4) is 0 Å². The van der Waals surface area contributed by atoms with E-state index in [1.54, 1.807) is 0 Å². The zero-order valence-electron chi connectivity index (χ0n) is 12.5. The predicted octanol–water partition coefficient (Wildman–Crippen LogP) is 2.85. The number of amides is 1. The smallest absolute Gasteiger partial charge is 0.226 e. The van der Waals surface area contributed by atoms with Gasteiger partial charge in [-0.1, -0.05) is 39.0 Å². The van der Waals surface area contributed by atoms with Crippen molar-refractivity contribution in [1.82, 2.24) is 10.6 Å². The average Bonchev–Trinajstić information content (AvgIpc) is 2.93. The Labute approximate surface area is 117 Å². The Morgan fingerprint density at radius 3 is 2.58 bits per heavy atom. The first kappa shape index (κ1) is 14.8. The van der Waals surface area contributed by atoms with Gasteiger partial charge in [0.15, 0.2) is 0 Å². The fourth-order valence-electron chi connectivity index (χ4n) is 3.85. The topological polar surface area (TPSA) is 41.1 Å². The van der Waals surface area contributed by atoms with E-state index in [0.717, 1.165) is 51.2 Å². The number of carbonyl (C=O) groups excluding carboxylic acids is 1. The van der Waals surface area contributed by atoms with E-state index in [9.17, 15) is 4.79 Å². The lowest BCUT2D eigenvalue weighted by molar-refractivity contribution is -0.133. The molecule has 1 amide bonds. The fourth-order valence-corrected chi connectivity index (χ4v) is 3.85. The molecule has 1 heterocycles. The van der Waals surface area contributed by atoms with E-state index < -0.39 is 0 Å². The molecule has 0 unspecified atom stereocenters. The van der Waals surface area contributed by atoms with E-state index >= 15 is 0 Å². The minimum atomic E-state index is -0.0737. The second-order valence-corrected chi connectivity index (χ2v) is 6.48. The molecule has 19 heavy (non-hydrogen) atoms. The molecule has 2 N–H and O–H groups in total. The molecule has 2 rings (SSSR count). The Kier molecular flexibility index (Phi) is 5.68. The maximum Gasteiger partial charge on any atom is 0.226 e. The summed E-state index contributed by atoms with van der Waals surface area (Å²) in [4.78, 5) is 12.5. The van der Waals surface area contributed by atoms with Crippen LogP contribution < -0.4 is 10.6 Å². The third-order valence-electron chi connectivity index (χ3n) is 5.08. The molecule has 1 saturated heterocycles. The number of hydrogen-bond acceptors (Lipinski definition) is 2. The molecule has 2 aliphatic rings. The van der Waals surface area contributed by atoms with E-state index in [1.165, 1.54) is 32.1 Å². The van der Waals surface area contributed by atoms with Crippen LogP contribution >= 0.6 is 0 Å². The molecule has 0 aromatic carbocycles. The minimum Gasteiger partial charge on any atom is -0.356 e. The monoisotopic (exact) mass is 266 g/mol. The molecule has 3 nitrogen and oxygen atoms in total. The summed E-state index contributed by atoms with van der Waals surface area (Å²) in [5.41, 5.74) is -0.0737. The first-order valence-corrected chi connectivity index (χ1v) is 8.26. The van der Waals surface area contributed by atoms with Gasteiger partial charge in [0.2, 0.25) is 5.91 Å². The van der Waals surface area contributed by atoms with Gasteiger partial charge in [0.05, 0.1) is 5.41 Å². The van der Waals surface area contributed by atoms with Crippen molar-refractivity contribution in [2.75, 3.05) is 19.6 Å². The Hall–Kier alpha value is -0.570. The highest BCUT2D eigenvalue weighted by Crippen LogP contribution is 2.34. The predicted molar refractivity (Wildman–Crippen MR) is 79.0 cm³/mol. The standard InChI is InChI=1S/C16H30N2O/c1-2-8-16(9-12-17-13-10-16)15(19)18-11-7-14-5-3-4-6-14/h14,17H,2-13H2,1H3,(H,18,19). The van der Waals surface area contributed by atoms with Crippen molar-refractivity contribution in [3.63, 3.8) is 0 Å². The summed E-state index contributed by atoms with van der Waals surface area (Å²) in [6.45, 7) is 5.07. The maximum atomic E-state index is 12.5. The first-order chi connectivity index (χ1) is 9.27. The van der Waals surface area contributed by atoms with Gasteiger partial charge in [-0.05, 0) is 44.7 Å². The molecule has 3 heteroatoms. The lowest BCUT2D eigenvalue weighted by atomic mass is 9.74. The van der Waals surface area contributed by atoms with Crippen molar-refractivity contribution in [2.45, 2.75) is 64.7 Å². The fraction of sp³-hybridized carbons (Fsp3) is 0.938. The molecule has 0 aromatic rings. The zero-order valence-corrected chi connectivity index (χ0v) is 12.5. The molecule has 0 radical (unpaired) electrons. The van der Waals surface area contributed by atoms with Crippen LogP contribution in [-0.4, -0.2) is 25.5 Å². The van der Waals surface area contributed by atoms with Gasteiger partial charge in [-0.15, -0.1) is 0 Å². The van der Waals surface area contributed by atoms with Gasteiger partial charge in [-0.2, -0.15) is 0 Å². The van der Waals surface area contributed by atoms with Crippen molar-refractivity contribution < 1.29 is 4.79 Å². The molecule has 2 fully saturated rings. The Morgan fingerprint density at radius 1 is 1.26 bits per heavy atom. The van der Waals surface area contributed by atoms with Gasteiger partial charge >= 0.3 is 0 Å². The van der Waals surface area contributed by atoms with Crippen LogP contribution in [0.15, 0.2) is 0 Å². The van der Waals surface area contributed by atoms with Crippen molar-refractivity contribution in [3.05, 3.63) is 0 Å². The molecular formula is C16H30N2O. The van der Waals surface area contributed by atoms with E-state index in [2.05, 4.69) is 17.6 Å². The van der Waals surface area contributed by atoms with Gasteiger partial charge in [-0.3, -0.25) is 4.79 Å². The second kappa shape index (κ2) is 7.28. The number of hydrogen-bond donors (Lipinski definition) is 2. The van der Waals surface area contributed by atoms with Crippen LogP contribution in [0.2, 0.25) is 0 Å². The summed E-state index contributed by atoms with van der Waals surface area (Å²) in [5, 5.41) is 6.61. The highest BCUT2D eigenvalue weighted by Gasteiger charge is 2.38. The summed E-state index contributed by atoms with van der Waals surface area (Å²) in [5.74, 6) is 1.20. The summed E-state index contributed by atoms with van der Waals surface area (Å²) in [7, 11) is 0. The van der Waals surface area contributed by atoms with Gasteiger partial charge in [-0.25, -0.2) is 0 Å². The van der Waals surface area contributed by atoms with Gasteiger partial charge in [0.25, 0.3) is 0 Å². The summed E-state index contributed by atoms with van der Waals surface area (Å²) in [6, 6.07) is 0. The second-order valence-electron chi connectivity index (χ2n) is 6.48. The number of piperidine rings is 1. The number of rotatable bonds is 6. The lowest BCUT2D eigenvalue weighted by Crippen LogP contribution is -2.47. The van der Waals surface area contributed by atoms with E-state index in [1.807, 2.05) is 0 Å². The van der Waals surface area contributed by atoms with E-state index in [-0.39, 0.29) is 5.41 Å². The Morgan fingerprint density at radius 2 is 1.95 bits per heavy atom. The third-order valence-corrected chi connectivity index (χ3v) is 5.08. The van der Waals surface area contributed by atoms with Gasteiger partial charge in [0.1, 0.15) is 0 Å². The lowest BCUT2D eigenvalue weighted by Gasteiger charge is -2.36. The minimum absolute atomic E-state index is 0.0737. The van der Waals surface area contributed by atoms with Crippen LogP contribution in [0, 0.1) is 11.3 Å². The van der Waals surface area contributed by atoms with Crippen LogP contribution in [0.25, 0.3) is 0 Å². The Bertz CT molecular complexity index is 273. The van der Waals surface area contributed by atoms with Crippen LogP contribution in [0.5, 0.6) is 0 Å². The van der Waals surface area contributed by atoms with Crippen LogP contribution in [0.3, 0.4) is 0 Å².